The average Bonchev–Trinajstić information content (AvgIpc) is 2.61. The van der Waals surface area contributed by atoms with E-state index in [2.05, 4.69) is 30.8 Å². The molecule has 0 unspecified atom stereocenters. The molecule has 1 saturated carbocycles. The summed E-state index contributed by atoms with van der Waals surface area (Å²) in [5, 5.41) is 3.62. The van der Waals surface area contributed by atoms with E-state index in [9.17, 15) is 13.2 Å². The lowest BCUT2D eigenvalue weighted by Gasteiger charge is -2.37. The molecule has 1 fully saturated rings. The van der Waals surface area contributed by atoms with E-state index >= 15 is 0 Å². The molecule has 0 aromatic heterocycles. The standard InChI is InChI=1S/C23H28F3NO/c1-22(2,3)18-8-12-20(13-9-18)27-19-10-4-16(5-11-19)17-6-14-21(15-7-17)28-23(24,25)26/h4-7,10-11,14-15,18,20,27H,8-9,12-13H2,1-3H3. The molecular formula is C23H28F3NO. The molecule has 0 heterocycles. The summed E-state index contributed by atoms with van der Waals surface area (Å²) < 4.78 is 40.7. The molecule has 0 bridgehead atoms. The van der Waals surface area contributed by atoms with Gasteiger partial charge in [0.25, 0.3) is 0 Å². The van der Waals surface area contributed by atoms with E-state index in [-0.39, 0.29) is 5.75 Å². The smallest absolute Gasteiger partial charge is 0.406 e. The molecule has 1 aliphatic rings. The van der Waals surface area contributed by atoms with Gasteiger partial charge in [-0.15, -0.1) is 13.2 Å². The first kappa shape index (κ1) is 20.6. The zero-order chi connectivity index (χ0) is 20.4. The molecule has 152 valence electrons. The van der Waals surface area contributed by atoms with Crippen molar-refractivity contribution in [3.63, 3.8) is 0 Å². The van der Waals surface area contributed by atoms with Crippen molar-refractivity contribution in [3.8, 4) is 16.9 Å². The van der Waals surface area contributed by atoms with Crippen molar-refractivity contribution in [2.45, 2.75) is 58.9 Å². The Morgan fingerprint density at radius 3 is 1.75 bits per heavy atom. The maximum atomic E-state index is 12.3. The minimum atomic E-state index is -4.67. The minimum absolute atomic E-state index is 0.208. The Hall–Kier alpha value is -2.17. The van der Waals surface area contributed by atoms with E-state index < -0.39 is 6.36 Å². The molecule has 0 aliphatic heterocycles. The predicted molar refractivity (Wildman–Crippen MR) is 107 cm³/mol. The van der Waals surface area contributed by atoms with Crippen molar-refractivity contribution in [1.29, 1.82) is 0 Å². The Morgan fingerprint density at radius 1 is 0.786 bits per heavy atom. The van der Waals surface area contributed by atoms with Gasteiger partial charge in [-0.1, -0.05) is 45.0 Å². The molecule has 0 spiro atoms. The van der Waals surface area contributed by atoms with Gasteiger partial charge in [-0.05, 0) is 72.4 Å². The van der Waals surface area contributed by atoms with Crippen molar-refractivity contribution < 1.29 is 17.9 Å². The summed E-state index contributed by atoms with van der Waals surface area (Å²) in [6.07, 6.45) is 0.215. The number of hydrogen-bond donors (Lipinski definition) is 1. The minimum Gasteiger partial charge on any atom is -0.406 e. The maximum Gasteiger partial charge on any atom is 0.573 e. The summed E-state index contributed by atoms with van der Waals surface area (Å²) in [6.45, 7) is 6.98. The first-order chi connectivity index (χ1) is 13.1. The number of anilines is 1. The van der Waals surface area contributed by atoms with E-state index in [0.717, 1.165) is 22.7 Å². The maximum absolute atomic E-state index is 12.3. The molecule has 1 aliphatic carbocycles. The van der Waals surface area contributed by atoms with Crippen LogP contribution in [0.25, 0.3) is 11.1 Å². The van der Waals surface area contributed by atoms with E-state index in [1.54, 1.807) is 12.1 Å². The molecular weight excluding hydrogens is 363 g/mol. The highest BCUT2D eigenvalue weighted by Crippen LogP contribution is 2.38. The number of ether oxygens (including phenoxy) is 1. The second kappa shape index (κ2) is 8.06. The first-order valence-electron chi connectivity index (χ1n) is 9.83. The molecule has 0 radical (unpaired) electrons. The molecule has 0 amide bonds. The Labute approximate surface area is 165 Å². The third kappa shape index (κ3) is 5.66. The fraction of sp³-hybridized carbons (Fsp3) is 0.478. The van der Waals surface area contributed by atoms with Crippen LogP contribution in [-0.4, -0.2) is 12.4 Å². The monoisotopic (exact) mass is 391 g/mol. The van der Waals surface area contributed by atoms with Gasteiger partial charge in [-0.3, -0.25) is 0 Å². The van der Waals surface area contributed by atoms with Crippen LogP contribution in [0.1, 0.15) is 46.5 Å². The van der Waals surface area contributed by atoms with E-state index in [1.165, 1.54) is 37.8 Å². The third-order valence-electron chi connectivity index (χ3n) is 5.63. The molecule has 1 N–H and O–H groups in total. The number of nitrogens with one attached hydrogen (secondary N) is 1. The quantitative estimate of drug-likeness (QED) is 0.592. The zero-order valence-corrected chi connectivity index (χ0v) is 16.6. The normalized spacial score (nSPS) is 20.6. The number of benzene rings is 2. The van der Waals surface area contributed by atoms with Gasteiger partial charge < -0.3 is 10.1 Å². The van der Waals surface area contributed by atoms with Crippen LogP contribution in [0.5, 0.6) is 5.75 Å². The van der Waals surface area contributed by atoms with Crippen molar-refractivity contribution in [2.75, 3.05) is 5.32 Å². The Balaban J connectivity index is 1.57. The number of halogens is 3. The third-order valence-corrected chi connectivity index (χ3v) is 5.63. The molecule has 0 atom stereocenters. The van der Waals surface area contributed by atoms with Gasteiger partial charge >= 0.3 is 6.36 Å². The Bertz CT molecular complexity index is 752. The average molecular weight is 391 g/mol. The molecule has 3 rings (SSSR count). The van der Waals surface area contributed by atoms with Crippen molar-refractivity contribution >= 4 is 5.69 Å². The zero-order valence-electron chi connectivity index (χ0n) is 16.6. The van der Waals surface area contributed by atoms with Gasteiger partial charge in [-0.2, -0.15) is 0 Å². The molecule has 2 aromatic carbocycles. The summed E-state index contributed by atoms with van der Waals surface area (Å²) in [4.78, 5) is 0. The van der Waals surface area contributed by atoms with Gasteiger partial charge in [0.05, 0.1) is 0 Å². The van der Waals surface area contributed by atoms with Crippen LogP contribution in [0.2, 0.25) is 0 Å². The van der Waals surface area contributed by atoms with Crippen LogP contribution in [0.3, 0.4) is 0 Å². The fourth-order valence-corrected chi connectivity index (χ4v) is 3.95. The molecule has 0 saturated heterocycles. The van der Waals surface area contributed by atoms with E-state index in [4.69, 9.17) is 0 Å². The van der Waals surface area contributed by atoms with Crippen LogP contribution in [-0.2, 0) is 0 Å². The first-order valence-corrected chi connectivity index (χ1v) is 9.83. The molecule has 28 heavy (non-hydrogen) atoms. The Morgan fingerprint density at radius 2 is 1.29 bits per heavy atom. The van der Waals surface area contributed by atoms with Gasteiger partial charge in [0.1, 0.15) is 5.75 Å². The van der Waals surface area contributed by atoms with E-state index in [1.807, 2.05) is 24.3 Å². The second-order valence-electron chi connectivity index (χ2n) is 8.71. The van der Waals surface area contributed by atoms with Crippen molar-refractivity contribution in [3.05, 3.63) is 48.5 Å². The molecule has 5 heteroatoms. The van der Waals surface area contributed by atoms with Gasteiger partial charge in [0.2, 0.25) is 0 Å². The second-order valence-corrected chi connectivity index (χ2v) is 8.71. The van der Waals surface area contributed by atoms with Crippen LogP contribution < -0.4 is 10.1 Å². The number of rotatable bonds is 4. The lowest BCUT2D eigenvalue weighted by Crippen LogP contribution is -2.31. The van der Waals surface area contributed by atoms with Crippen molar-refractivity contribution in [2.24, 2.45) is 11.3 Å². The number of hydrogen-bond acceptors (Lipinski definition) is 2. The van der Waals surface area contributed by atoms with Crippen LogP contribution in [0, 0.1) is 11.3 Å². The highest BCUT2D eigenvalue weighted by Gasteiger charge is 2.31. The summed E-state index contributed by atoms with van der Waals surface area (Å²) in [7, 11) is 0. The highest BCUT2D eigenvalue weighted by molar-refractivity contribution is 5.66. The summed E-state index contributed by atoms with van der Waals surface area (Å²) in [5.41, 5.74) is 3.28. The van der Waals surface area contributed by atoms with Crippen LogP contribution >= 0.6 is 0 Å². The summed E-state index contributed by atoms with van der Waals surface area (Å²) in [5.74, 6) is 0.581. The molecule has 2 aromatic rings. The highest BCUT2D eigenvalue weighted by atomic mass is 19.4. The largest absolute Gasteiger partial charge is 0.573 e. The lowest BCUT2D eigenvalue weighted by atomic mass is 9.71. The predicted octanol–water partition coefficient (Wildman–Crippen LogP) is 7.27. The lowest BCUT2D eigenvalue weighted by molar-refractivity contribution is -0.274. The van der Waals surface area contributed by atoms with Crippen LogP contribution in [0.15, 0.2) is 48.5 Å². The topological polar surface area (TPSA) is 21.3 Å². The Kier molecular flexibility index (Phi) is 5.92. The summed E-state index contributed by atoms with van der Waals surface area (Å²) in [6, 6.07) is 14.5. The number of alkyl halides is 3. The van der Waals surface area contributed by atoms with Gasteiger partial charge in [0.15, 0.2) is 0 Å². The van der Waals surface area contributed by atoms with Gasteiger partial charge in [-0.25, -0.2) is 0 Å². The SMILES string of the molecule is CC(C)(C)C1CCC(Nc2ccc(-c3ccc(OC(F)(F)F)cc3)cc2)CC1. The summed E-state index contributed by atoms with van der Waals surface area (Å²) >= 11 is 0. The fourth-order valence-electron chi connectivity index (χ4n) is 3.95. The van der Waals surface area contributed by atoms with Crippen LogP contribution in [0.4, 0.5) is 18.9 Å². The molecule has 2 nitrogen and oxygen atoms in total. The van der Waals surface area contributed by atoms with Gasteiger partial charge in [0, 0.05) is 11.7 Å². The van der Waals surface area contributed by atoms with Crippen molar-refractivity contribution in [1.82, 2.24) is 0 Å². The van der Waals surface area contributed by atoms with E-state index in [0.29, 0.717) is 11.5 Å².